The highest BCUT2D eigenvalue weighted by Crippen LogP contribution is 2.41. The monoisotopic (exact) mass is 840 g/mol. The Hall–Kier alpha value is -4.55. The average molecular weight is 841 g/mol. The number of aliphatic hydroxyl groups is 1. The fraction of sp³-hybridized carbons (Fsp3) is 0.294. The predicted molar refractivity (Wildman–Crippen MR) is 242 cm³/mol. The molecule has 312 valence electrons. The molecule has 0 aliphatic carbocycles. The number of benzene rings is 6. The first kappa shape index (κ1) is 43.5. The highest BCUT2D eigenvalue weighted by Gasteiger charge is 2.54. The van der Waals surface area contributed by atoms with Crippen molar-refractivity contribution in [1.29, 1.82) is 0 Å². The van der Waals surface area contributed by atoms with E-state index in [4.69, 9.17) is 28.1 Å². The Morgan fingerprint density at radius 3 is 1.48 bits per heavy atom. The number of hydrogen-bond acceptors (Lipinski definition) is 8. The van der Waals surface area contributed by atoms with Gasteiger partial charge < -0.3 is 33.2 Å². The van der Waals surface area contributed by atoms with Crippen molar-refractivity contribution in [2.75, 3.05) is 13.7 Å². The van der Waals surface area contributed by atoms with E-state index in [0.717, 1.165) is 37.7 Å². The lowest BCUT2D eigenvalue weighted by Gasteiger charge is -2.48. The maximum Gasteiger partial charge on any atom is 0.261 e. The highest BCUT2D eigenvalue weighted by molar-refractivity contribution is 7.99. The van der Waals surface area contributed by atoms with Crippen LogP contribution in [0.15, 0.2) is 181 Å². The zero-order chi connectivity index (χ0) is 41.8. The molecule has 0 radical (unpaired) electrons. The Balaban J connectivity index is 1.28. The summed E-state index contributed by atoms with van der Waals surface area (Å²) in [6.07, 6.45) is -3.98. The molecule has 1 aliphatic rings. The summed E-state index contributed by atoms with van der Waals surface area (Å²) in [5.74, 6) is 0.757. The molecule has 1 heterocycles. The van der Waals surface area contributed by atoms with Gasteiger partial charge in [-0.1, -0.05) is 184 Å². The normalized spacial score (nSPS) is 20.1. The van der Waals surface area contributed by atoms with Crippen molar-refractivity contribution >= 4 is 30.5 Å². The molecule has 6 aromatic carbocycles. The van der Waals surface area contributed by atoms with Crippen molar-refractivity contribution in [1.82, 2.24) is 0 Å². The summed E-state index contributed by atoms with van der Waals surface area (Å²) >= 11 is 1.56. The van der Waals surface area contributed by atoms with E-state index >= 15 is 0 Å². The van der Waals surface area contributed by atoms with Crippen LogP contribution in [0.4, 0.5) is 0 Å². The summed E-state index contributed by atoms with van der Waals surface area (Å²) in [7, 11) is -1.37. The van der Waals surface area contributed by atoms with E-state index < -0.39 is 44.3 Å². The number of aliphatic hydroxyl groups excluding tert-OH is 1. The Morgan fingerprint density at radius 2 is 1.00 bits per heavy atom. The molecule has 6 atom stereocenters. The topological polar surface area (TPSA) is 75.6 Å². The molecule has 0 bridgehead atoms. The van der Waals surface area contributed by atoms with E-state index in [9.17, 15) is 5.11 Å². The second-order valence-electron chi connectivity index (χ2n) is 16.1. The Morgan fingerprint density at radius 1 is 0.567 bits per heavy atom. The molecule has 1 fully saturated rings. The smallest absolute Gasteiger partial charge is 0.261 e. The summed E-state index contributed by atoms with van der Waals surface area (Å²) in [5.41, 5.74) is 2.40. The molecule has 7 rings (SSSR count). The van der Waals surface area contributed by atoms with E-state index in [1.807, 2.05) is 103 Å². The van der Waals surface area contributed by atoms with Crippen molar-refractivity contribution in [2.24, 2.45) is 0 Å². The Kier molecular flexibility index (Phi) is 15.1. The van der Waals surface area contributed by atoms with Crippen molar-refractivity contribution < 1.29 is 33.2 Å². The molecular formula is C51H56O7SSi. The highest BCUT2D eigenvalue weighted by atomic mass is 32.2. The first-order valence-corrected chi connectivity index (χ1v) is 23.4. The molecule has 0 unspecified atom stereocenters. The van der Waals surface area contributed by atoms with Gasteiger partial charge in [-0.05, 0) is 56.4 Å². The minimum Gasteiger partial charge on any atom is -0.497 e. The van der Waals surface area contributed by atoms with Crippen molar-refractivity contribution in [3.8, 4) is 5.75 Å². The number of methoxy groups -OCH3 is 1. The molecule has 0 amide bonds. The van der Waals surface area contributed by atoms with Crippen LogP contribution < -0.4 is 15.1 Å². The van der Waals surface area contributed by atoms with E-state index in [-0.39, 0.29) is 18.3 Å². The maximum absolute atomic E-state index is 12.7. The summed E-state index contributed by atoms with van der Waals surface area (Å²) in [5, 5.41) is 14.6. The van der Waals surface area contributed by atoms with Crippen LogP contribution in [0.1, 0.15) is 37.5 Å². The Bertz CT molecular complexity index is 2100. The molecule has 0 saturated carbocycles. The summed E-state index contributed by atoms with van der Waals surface area (Å²) in [6.45, 7) is 7.59. The van der Waals surface area contributed by atoms with Crippen LogP contribution in [-0.4, -0.2) is 63.1 Å². The standard InChI is InChI=1S/C51H56O7SSi/c1-51(2,3)60(43-26-16-8-17-27-43,44-28-18-9-19-29-44)57-37-45(52)46-47(54-36-40-30-32-41(53-4)33-31-40)48(55-34-38-20-10-5-11-21-38)49(56-35-39-22-12-6-13-23-39)50(58-46)59-42-24-14-7-15-25-42/h5-33,45-50,52H,34-37H2,1-4H3/t45-,46-,47-,48+,49+,50-/m1/s1. The molecule has 1 N–H and O–H groups in total. The van der Waals surface area contributed by atoms with Gasteiger partial charge in [-0.15, -0.1) is 0 Å². The zero-order valence-electron chi connectivity index (χ0n) is 34.8. The van der Waals surface area contributed by atoms with E-state index in [2.05, 4.69) is 93.6 Å². The lowest BCUT2D eigenvalue weighted by Crippen LogP contribution is -2.68. The van der Waals surface area contributed by atoms with E-state index in [0.29, 0.717) is 13.2 Å². The summed E-state index contributed by atoms with van der Waals surface area (Å²) in [6, 6.07) is 59.1. The number of ether oxygens (including phenoxy) is 5. The van der Waals surface area contributed by atoms with Crippen LogP contribution in [0.5, 0.6) is 5.75 Å². The van der Waals surface area contributed by atoms with Crippen molar-refractivity contribution in [3.05, 3.63) is 193 Å². The number of rotatable bonds is 18. The molecule has 6 aromatic rings. The van der Waals surface area contributed by atoms with Gasteiger partial charge in [-0.3, -0.25) is 0 Å². The van der Waals surface area contributed by atoms with Crippen molar-refractivity contribution in [3.63, 3.8) is 0 Å². The van der Waals surface area contributed by atoms with Gasteiger partial charge in [-0.25, -0.2) is 0 Å². The second-order valence-corrected chi connectivity index (χ2v) is 21.6. The minimum atomic E-state index is -3.03. The van der Waals surface area contributed by atoms with Gasteiger partial charge in [0.2, 0.25) is 0 Å². The zero-order valence-corrected chi connectivity index (χ0v) is 36.7. The fourth-order valence-electron chi connectivity index (χ4n) is 7.94. The molecule has 1 saturated heterocycles. The first-order valence-electron chi connectivity index (χ1n) is 20.6. The van der Waals surface area contributed by atoms with Gasteiger partial charge in [-0.2, -0.15) is 0 Å². The largest absolute Gasteiger partial charge is 0.497 e. The van der Waals surface area contributed by atoms with Crippen LogP contribution in [-0.2, 0) is 43.2 Å². The summed E-state index contributed by atoms with van der Waals surface area (Å²) in [4.78, 5) is 1.01. The van der Waals surface area contributed by atoms with E-state index in [1.165, 1.54) is 0 Å². The lowest BCUT2D eigenvalue weighted by molar-refractivity contribution is -0.264. The fourth-order valence-corrected chi connectivity index (χ4v) is 13.7. The number of hydrogen-bond donors (Lipinski definition) is 1. The third-order valence-corrected chi connectivity index (χ3v) is 17.1. The predicted octanol–water partition coefficient (Wildman–Crippen LogP) is 9.21. The third kappa shape index (κ3) is 10.7. The molecule has 9 heteroatoms. The molecule has 0 spiro atoms. The first-order chi connectivity index (χ1) is 29.2. The molecule has 7 nitrogen and oxygen atoms in total. The summed E-state index contributed by atoms with van der Waals surface area (Å²) < 4.78 is 40.7. The van der Waals surface area contributed by atoms with Gasteiger partial charge in [0.25, 0.3) is 8.32 Å². The lowest BCUT2D eigenvalue weighted by atomic mass is 9.95. The third-order valence-electron chi connectivity index (χ3n) is 11.0. The van der Waals surface area contributed by atoms with Crippen LogP contribution in [0.25, 0.3) is 0 Å². The average Bonchev–Trinajstić information content (AvgIpc) is 3.29. The Labute approximate surface area is 360 Å². The maximum atomic E-state index is 12.7. The van der Waals surface area contributed by atoms with Crippen LogP contribution in [0.3, 0.4) is 0 Å². The van der Waals surface area contributed by atoms with Gasteiger partial charge in [0.15, 0.2) is 0 Å². The number of thioether (sulfide) groups is 1. The van der Waals surface area contributed by atoms with Gasteiger partial charge in [0, 0.05) is 4.90 Å². The molecule has 0 aromatic heterocycles. The van der Waals surface area contributed by atoms with Crippen LogP contribution in [0.2, 0.25) is 5.04 Å². The minimum absolute atomic E-state index is 0.00398. The van der Waals surface area contributed by atoms with Gasteiger partial charge >= 0.3 is 0 Å². The molecule has 1 aliphatic heterocycles. The van der Waals surface area contributed by atoms with Gasteiger partial charge in [0.05, 0.1) is 33.5 Å². The van der Waals surface area contributed by atoms with Crippen LogP contribution >= 0.6 is 11.8 Å². The molecular weight excluding hydrogens is 785 g/mol. The quantitative estimate of drug-likeness (QED) is 0.0860. The van der Waals surface area contributed by atoms with Gasteiger partial charge in [0.1, 0.15) is 41.7 Å². The van der Waals surface area contributed by atoms with E-state index in [1.54, 1.807) is 18.9 Å². The SMILES string of the molecule is COc1ccc(CO[C@H]2[C@H](OCc3ccccc3)[C@H](OCc3ccccc3)[C@@H](Sc3ccccc3)O[C@@H]2[C@H](O)CO[Si](c2ccccc2)(c2ccccc2)C(C)(C)C)cc1. The van der Waals surface area contributed by atoms with Crippen LogP contribution in [0, 0.1) is 0 Å². The second kappa shape index (κ2) is 20.8. The van der Waals surface area contributed by atoms with Crippen molar-refractivity contribution in [2.45, 2.75) is 86.5 Å². The molecule has 60 heavy (non-hydrogen) atoms.